The van der Waals surface area contributed by atoms with E-state index < -0.39 is 6.09 Å². The van der Waals surface area contributed by atoms with Gasteiger partial charge < -0.3 is 21.1 Å². The van der Waals surface area contributed by atoms with E-state index in [2.05, 4.69) is 15.4 Å². The highest BCUT2D eigenvalue weighted by Crippen LogP contribution is 2.17. The van der Waals surface area contributed by atoms with Gasteiger partial charge in [-0.15, -0.1) is 0 Å². The lowest BCUT2D eigenvalue weighted by molar-refractivity contribution is 0.0937. The number of aryl methyl sites for hydroxylation is 1. The van der Waals surface area contributed by atoms with Gasteiger partial charge in [0.2, 0.25) is 0 Å². The van der Waals surface area contributed by atoms with Crippen molar-refractivity contribution in [1.29, 1.82) is 0 Å². The van der Waals surface area contributed by atoms with Crippen LogP contribution in [0.3, 0.4) is 0 Å². The number of primary amides is 1. The molecule has 0 aliphatic heterocycles. The third-order valence-corrected chi connectivity index (χ3v) is 2.42. The van der Waals surface area contributed by atoms with Crippen molar-refractivity contribution in [2.24, 2.45) is 5.73 Å². The predicted octanol–water partition coefficient (Wildman–Crippen LogP) is 1.25. The fourth-order valence-electron chi connectivity index (χ4n) is 1.60. The number of nitrogens with one attached hydrogen (secondary N) is 2. The third-order valence-electron chi connectivity index (χ3n) is 2.42. The second kappa shape index (κ2) is 7.25. The summed E-state index contributed by atoms with van der Waals surface area (Å²) in [6.07, 6.45) is -0.849. The number of hydrogen-bond donors (Lipinski definition) is 3. The summed E-state index contributed by atoms with van der Waals surface area (Å²) in [7, 11) is 0. The van der Waals surface area contributed by atoms with Crippen LogP contribution >= 0.6 is 0 Å². The number of hydrogen-bond acceptors (Lipinski definition) is 4. The molecule has 2 amide bonds. The minimum Gasteiger partial charge on any atom is -0.448 e. The quantitative estimate of drug-likeness (QED) is 0.675. The van der Waals surface area contributed by atoms with Crippen molar-refractivity contribution >= 4 is 17.7 Å². The van der Waals surface area contributed by atoms with Crippen LogP contribution in [0.25, 0.3) is 0 Å². The monoisotopic (exact) mass is 265 g/mol. The van der Waals surface area contributed by atoms with Crippen LogP contribution in [-0.2, 0) is 4.74 Å². The third kappa shape index (κ3) is 4.87. The van der Waals surface area contributed by atoms with Crippen molar-refractivity contribution in [2.45, 2.75) is 13.8 Å². The summed E-state index contributed by atoms with van der Waals surface area (Å²) in [4.78, 5) is 22.3. The Morgan fingerprint density at radius 2 is 2.11 bits per heavy atom. The first-order valence-corrected chi connectivity index (χ1v) is 6.09. The van der Waals surface area contributed by atoms with Crippen LogP contribution in [0.5, 0.6) is 0 Å². The first kappa shape index (κ1) is 14.8. The summed E-state index contributed by atoms with van der Waals surface area (Å²) in [6.45, 7) is 4.94. The fourth-order valence-corrected chi connectivity index (χ4v) is 1.60. The van der Waals surface area contributed by atoms with Gasteiger partial charge in [0, 0.05) is 12.2 Å². The number of ether oxygens (including phenoxy) is 1. The van der Waals surface area contributed by atoms with Crippen LogP contribution in [0.1, 0.15) is 22.8 Å². The van der Waals surface area contributed by atoms with E-state index >= 15 is 0 Å². The van der Waals surface area contributed by atoms with Crippen LogP contribution < -0.4 is 16.4 Å². The average molecular weight is 265 g/mol. The molecular formula is C13H19N3O3. The summed E-state index contributed by atoms with van der Waals surface area (Å²) in [5.41, 5.74) is 7.24. The second-order valence-electron chi connectivity index (χ2n) is 4.00. The smallest absolute Gasteiger partial charge is 0.404 e. The van der Waals surface area contributed by atoms with E-state index in [1.165, 1.54) is 0 Å². The molecule has 0 aliphatic carbocycles. The molecule has 1 aromatic rings. The number of carbonyl (C=O) groups excluding carboxylic acids is 2. The Morgan fingerprint density at radius 3 is 2.74 bits per heavy atom. The van der Waals surface area contributed by atoms with Crippen molar-refractivity contribution < 1.29 is 14.3 Å². The minimum absolute atomic E-state index is 0.0590. The Bertz CT molecular complexity index is 460. The lowest BCUT2D eigenvalue weighted by Gasteiger charge is -2.12. The Kier molecular flexibility index (Phi) is 5.66. The highest BCUT2D eigenvalue weighted by Gasteiger charge is 2.10. The number of amides is 2. The molecule has 0 fully saturated rings. The lowest BCUT2D eigenvalue weighted by atomic mass is 10.1. The molecule has 0 radical (unpaired) electrons. The molecule has 0 bridgehead atoms. The zero-order valence-electron chi connectivity index (χ0n) is 11.2. The molecule has 0 heterocycles. The molecule has 1 aromatic carbocycles. The molecule has 0 spiro atoms. The lowest BCUT2D eigenvalue weighted by Crippen LogP contribution is -2.29. The Balaban J connectivity index is 2.63. The molecule has 6 heteroatoms. The van der Waals surface area contributed by atoms with E-state index in [4.69, 9.17) is 5.73 Å². The molecule has 6 nitrogen and oxygen atoms in total. The van der Waals surface area contributed by atoms with Crippen molar-refractivity contribution in [3.05, 3.63) is 29.3 Å². The first-order chi connectivity index (χ1) is 9.04. The van der Waals surface area contributed by atoms with Crippen molar-refractivity contribution in [3.63, 3.8) is 0 Å². The molecule has 0 aliphatic rings. The van der Waals surface area contributed by atoms with E-state index in [-0.39, 0.29) is 19.1 Å². The molecule has 4 N–H and O–H groups in total. The maximum Gasteiger partial charge on any atom is 0.404 e. The standard InChI is InChI=1S/C13H19N3O3/c1-3-15-11-8-9(2)4-5-10(11)12(17)16-6-7-19-13(14)18/h4-5,8,15H,3,6-7H2,1-2H3,(H2,14,18)(H,16,17). The van der Waals surface area contributed by atoms with Gasteiger partial charge in [-0.2, -0.15) is 0 Å². The van der Waals surface area contributed by atoms with Gasteiger partial charge in [0.15, 0.2) is 0 Å². The van der Waals surface area contributed by atoms with Crippen LogP contribution in [0.4, 0.5) is 10.5 Å². The highest BCUT2D eigenvalue weighted by atomic mass is 16.5. The summed E-state index contributed by atoms with van der Waals surface area (Å²) in [5.74, 6) is -0.218. The summed E-state index contributed by atoms with van der Waals surface area (Å²) >= 11 is 0. The summed E-state index contributed by atoms with van der Waals surface area (Å²) < 4.78 is 4.53. The normalized spacial score (nSPS) is 9.79. The fraction of sp³-hybridized carbons (Fsp3) is 0.385. The molecule has 1 rings (SSSR count). The van der Waals surface area contributed by atoms with Gasteiger partial charge in [-0.3, -0.25) is 4.79 Å². The van der Waals surface area contributed by atoms with E-state index in [0.717, 1.165) is 17.8 Å². The topological polar surface area (TPSA) is 93.4 Å². The van der Waals surface area contributed by atoms with Gasteiger partial charge in [0.05, 0.1) is 12.1 Å². The van der Waals surface area contributed by atoms with Crippen LogP contribution in [0.2, 0.25) is 0 Å². The van der Waals surface area contributed by atoms with Crippen LogP contribution in [0, 0.1) is 6.92 Å². The van der Waals surface area contributed by atoms with Crippen molar-refractivity contribution in [1.82, 2.24) is 5.32 Å². The molecule has 0 atom stereocenters. The van der Waals surface area contributed by atoms with E-state index in [0.29, 0.717) is 5.56 Å². The van der Waals surface area contributed by atoms with Crippen molar-refractivity contribution in [2.75, 3.05) is 25.0 Å². The van der Waals surface area contributed by atoms with E-state index in [9.17, 15) is 9.59 Å². The Morgan fingerprint density at radius 1 is 1.37 bits per heavy atom. The van der Waals surface area contributed by atoms with Crippen LogP contribution in [0.15, 0.2) is 18.2 Å². The molecule has 0 saturated heterocycles. The largest absolute Gasteiger partial charge is 0.448 e. The van der Waals surface area contributed by atoms with Crippen LogP contribution in [-0.4, -0.2) is 31.7 Å². The zero-order valence-corrected chi connectivity index (χ0v) is 11.2. The second-order valence-corrected chi connectivity index (χ2v) is 4.00. The Labute approximate surface area is 112 Å². The van der Waals surface area contributed by atoms with Gasteiger partial charge in [-0.05, 0) is 31.5 Å². The molecule has 0 unspecified atom stereocenters. The highest BCUT2D eigenvalue weighted by molar-refractivity contribution is 5.99. The summed E-state index contributed by atoms with van der Waals surface area (Å²) in [5, 5.41) is 5.80. The van der Waals surface area contributed by atoms with E-state index in [1.54, 1.807) is 6.07 Å². The predicted molar refractivity (Wildman–Crippen MR) is 73.2 cm³/mol. The number of carbonyl (C=O) groups is 2. The minimum atomic E-state index is -0.849. The van der Waals surface area contributed by atoms with Gasteiger partial charge in [0.25, 0.3) is 5.91 Å². The molecular weight excluding hydrogens is 246 g/mol. The molecule has 19 heavy (non-hydrogen) atoms. The number of rotatable bonds is 6. The molecule has 104 valence electrons. The molecule has 0 aromatic heterocycles. The van der Waals surface area contributed by atoms with Gasteiger partial charge in [-0.1, -0.05) is 6.07 Å². The maximum atomic E-state index is 12.0. The van der Waals surface area contributed by atoms with E-state index in [1.807, 2.05) is 26.0 Å². The van der Waals surface area contributed by atoms with Gasteiger partial charge >= 0.3 is 6.09 Å². The Hall–Kier alpha value is -2.24. The molecule has 0 saturated carbocycles. The average Bonchev–Trinajstić information content (AvgIpc) is 2.35. The van der Waals surface area contributed by atoms with Crippen molar-refractivity contribution in [3.8, 4) is 0 Å². The number of nitrogens with two attached hydrogens (primary N) is 1. The number of anilines is 1. The maximum absolute atomic E-state index is 12.0. The summed E-state index contributed by atoms with van der Waals surface area (Å²) in [6, 6.07) is 5.55. The van der Waals surface area contributed by atoms with Gasteiger partial charge in [0.1, 0.15) is 6.61 Å². The van der Waals surface area contributed by atoms with Gasteiger partial charge in [-0.25, -0.2) is 4.79 Å². The SMILES string of the molecule is CCNc1cc(C)ccc1C(=O)NCCOC(N)=O. The first-order valence-electron chi connectivity index (χ1n) is 6.09. The number of benzene rings is 1. The zero-order chi connectivity index (χ0) is 14.3.